The van der Waals surface area contributed by atoms with E-state index in [9.17, 15) is 9.90 Å². The number of carbonyl (C=O) groups is 1. The largest absolute Gasteiger partial charge is 0.384 e. The molecule has 0 saturated carbocycles. The van der Waals surface area contributed by atoms with Crippen LogP contribution in [0.25, 0.3) is 0 Å². The van der Waals surface area contributed by atoms with E-state index in [1.165, 1.54) is 0 Å². The highest BCUT2D eigenvalue weighted by molar-refractivity contribution is 5.81. The Kier molecular flexibility index (Phi) is 8.26. The van der Waals surface area contributed by atoms with E-state index in [-0.39, 0.29) is 18.5 Å². The fraction of sp³-hybridized carbons (Fsp3) is 0.556. The van der Waals surface area contributed by atoms with Gasteiger partial charge in [-0.3, -0.25) is 4.79 Å². The predicted octanol–water partition coefficient (Wildman–Crippen LogP) is 1.36. The van der Waals surface area contributed by atoms with Crippen molar-refractivity contribution in [3.05, 3.63) is 35.9 Å². The molecule has 0 bridgehead atoms. The molecule has 134 valence electrons. The van der Waals surface area contributed by atoms with Gasteiger partial charge in [-0.05, 0) is 33.3 Å². The van der Waals surface area contributed by atoms with Gasteiger partial charge in [-0.15, -0.1) is 0 Å². The average molecular weight is 334 g/mol. The van der Waals surface area contributed by atoms with Gasteiger partial charge in [-0.25, -0.2) is 4.99 Å². The molecule has 1 unspecified atom stereocenters. The van der Waals surface area contributed by atoms with Gasteiger partial charge < -0.3 is 21.1 Å². The van der Waals surface area contributed by atoms with Gasteiger partial charge >= 0.3 is 0 Å². The van der Waals surface area contributed by atoms with Crippen molar-refractivity contribution in [2.75, 3.05) is 19.6 Å². The Balaban J connectivity index is 2.57. The number of hydrogen-bond donors (Lipinski definition) is 4. The number of benzene rings is 1. The molecule has 0 radical (unpaired) electrons. The van der Waals surface area contributed by atoms with Gasteiger partial charge in [0.15, 0.2) is 5.96 Å². The molecule has 0 aliphatic heterocycles. The number of rotatable bonds is 8. The minimum absolute atomic E-state index is 0.00429. The molecule has 1 aromatic rings. The monoisotopic (exact) mass is 334 g/mol. The Labute approximate surface area is 144 Å². The Hall–Kier alpha value is -2.08. The van der Waals surface area contributed by atoms with E-state index in [1.807, 2.05) is 51.1 Å². The number of aliphatic hydroxyl groups is 1. The van der Waals surface area contributed by atoms with Crippen LogP contribution in [0.4, 0.5) is 0 Å². The molecule has 6 nitrogen and oxygen atoms in total. The fourth-order valence-corrected chi connectivity index (χ4v) is 2.15. The smallest absolute Gasteiger partial charge is 0.221 e. The molecule has 0 aromatic heterocycles. The molecule has 1 aromatic carbocycles. The van der Waals surface area contributed by atoms with Crippen molar-refractivity contribution in [3.63, 3.8) is 0 Å². The molecular weight excluding hydrogens is 304 g/mol. The molecule has 6 heteroatoms. The lowest BCUT2D eigenvalue weighted by Gasteiger charge is -2.22. The van der Waals surface area contributed by atoms with Crippen LogP contribution in [-0.2, 0) is 10.4 Å². The highest BCUT2D eigenvalue weighted by atomic mass is 16.3. The molecule has 0 saturated heterocycles. The zero-order chi connectivity index (χ0) is 18.0. The maximum absolute atomic E-state index is 11.6. The summed E-state index contributed by atoms with van der Waals surface area (Å²) < 4.78 is 0. The molecule has 24 heavy (non-hydrogen) atoms. The topological polar surface area (TPSA) is 85.8 Å². The second kappa shape index (κ2) is 9.93. The van der Waals surface area contributed by atoms with Crippen molar-refractivity contribution in [2.24, 2.45) is 4.99 Å². The summed E-state index contributed by atoms with van der Waals surface area (Å²) in [5, 5.41) is 19.7. The Morgan fingerprint density at radius 2 is 1.92 bits per heavy atom. The first-order valence-electron chi connectivity index (χ1n) is 8.44. The molecule has 0 aliphatic rings. The highest BCUT2D eigenvalue weighted by Crippen LogP contribution is 2.20. The van der Waals surface area contributed by atoms with Crippen molar-refractivity contribution in [1.29, 1.82) is 0 Å². The summed E-state index contributed by atoms with van der Waals surface area (Å²) >= 11 is 0. The second-order valence-electron chi connectivity index (χ2n) is 6.23. The van der Waals surface area contributed by atoms with Gasteiger partial charge in [0.2, 0.25) is 5.91 Å². The van der Waals surface area contributed by atoms with Crippen molar-refractivity contribution in [2.45, 2.75) is 45.8 Å². The van der Waals surface area contributed by atoms with E-state index >= 15 is 0 Å². The Morgan fingerprint density at radius 1 is 1.25 bits per heavy atom. The summed E-state index contributed by atoms with van der Waals surface area (Å²) in [5.74, 6) is 0.593. The SMILES string of the molecule is CCNC(=NCC(C)(O)c1ccccc1)NCCC(=O)NC(C)C. The molecule has 0 aliphatic carbocycles. The zero-order valence-electron chi connectivity index (χ0n) is 15.1. The maximum Gasteiger partial charge on any atom is 0.221 e. The van der Waals surface area contributed by atoms with Gasteiger partial charge in [0.1, 0.15) is 5.60 Å². The lowest BCUT2D eigenvalue weighted by atomic mass is 9.96. The summed E-state index contributed by atoms with van der Waals surface area (Å²) in [5.41, 5.74) is -0.223. The first-order valence-corrected chi connectivity index (χ1v) is 8.44. The van der Waals surface area contributed by atoms with E-state index in [1.54, 1.807) is 6.92 Å². The standard InChI is InChI=1S/C18H30N4O2/c1-5-19-17(20-12-11-16(23)22-14(2)3)21-13-18(4,24)15-9-7-6-8-10-15/h6-10,14,24H,5,11-13H2,1-4H3,(H,22,23)(H2,19,20,21). The number of aliphatic imine (C=N–C) groups is 1. The number of carbonyl (C=O) groups excluding carboxylic acids is 1. The van der Waals surface area contributed by atoms with Gasteiger partial charge in [-0.2, -0.15) is 0 Å². The molecule has 0 heterocycles. The number of nitrogens with zero attached hydrogens (tertiary/aromatic N) is 1. The van der Waals surface area contributed by atoms with Crippen LogP contribution in [-0.4, -0.2) is 42.6 Å². The highest BCUT2D eigenvalue weighted by Gasteiger charge is 2.22. The summed E-state index contributed by atoms with van der Waals surface area (Å²) in [6, 6.07) is 9.60. The van der Waals surface area contributed by atoms with Crippen LogP contribution < -0.4 is 16.0 Å². The average Bonchev–Trinajstić information content (AvgIpc) is 2.53. The molecule has 1 rings (SSSR count). The first kappa shape index (κ1) is 20.0. The Morgan fingerprint density at radius 3 is 2.50 bits per heavy atom. The normalized spacial score (nSPS) is 14.2. The summed E-state index contributed by atoms with van der Waals surface area (Å²) in [6.45, 7) is 8.99. The maximum atomic E-state index is 11.6. The van der Waals surface area contributed by atoms with Gasteiger partial charge in [0.25, 0.3) is 0 Å². The second-order valence-corrected chi connectivity index (χ2v) is 6.23. The zero-order valence-corrected chi connectivity index (χ0v) is 15.1. The van der Waals surface area contributed by atoms with Crippen molar-refractivity contribution in [3.8, 4) is 0 Å². The van der Waals surface area contributed by atoms with Crippen LogP contribution in [0.3, 0.4) is 0 Å². The van der Waals surface area contributed by atoms with E-state index in [0.717, 1.165) is 5.56 Å². The van der Waals surface area contributed by atoms with E-state index in [0.29, 0.717) is 25.5 Å². The molecule has 1 amide bonds. The number of amides is 1. The van der Waals surface area contributed by atoms with Crippen LogP contribution in [0.15, 0.2) is 35.3 Å². The van der Waals surface area contributed by atoms with Gasteiger partial charge in [0, 0.05) is 25.6 Å². The van der Waals surface area contributed by atoms with Gasteiger partial charge in [-0.1, -0.05) is 30.3 Å². The number of guanidine groups is 1. The summed E-state index contributed by atoms with van der Waals surface area (Å²) in [6.07, 6.45) is 0.373. The van der Waals surface area contributed by atoms with E-state index in [2.05, 4.69) is 20.9 Å². The quantitative estimate of drug-likeness (QED) is 0.427. The van der Waals surface area contributed by atoms with Crippen LogP contribution in [0.5, 0.6) is 0 Å². The minimum atomic E-state index is -1.04. The minimum Gasteiger partial charge on any atom is -0.384 e. The first-order chi connectivity index (χ1) is 11.3. The number of hydrogen-bond acceptors (Lipinski definition) is 3. The Bertz CT molecular complexity index is 527. The molecule has 4 N–H and O–H groups in total. The van der Waals surface area contributed by atoms with Crippen molar-refractivity contribution in [1.82, 2.24) is 16.0 Å². The molecular formula is C18H30N4O2. The van der Waals surface area contributed by atoms with E-state index in [4.69, 9.17) is 0 Å². The molecule has 0 fully saturated rings. The number of nitrogens with one attached hydrogen (secondary N) is 3. The summed E-state index contributed by atoms with van der Waals surface area (Å²) in [4.78, 5) is 16.1. The third-order valence-electron chi connectivity index (χ3n) is 3.38. The van der Waals surface area contributed by atoms with Crippen LogP contribution >= 0.6 is 0 Å². The molecule has 1 atom stereocenters. The van der Waals surface area contributed by atoms with Crippen LogP contribution in [0.2, 0.25) is 0 Å². The van der Waals surface area contributed by atoms with Crippen molar-refractivity contribution >= 4 is 11.9 Å². The third kappa shape index (κ3) is 7.46. The van der Waals surface area contributed by atoms with Crippen LogP contribution in [0.1, 0.15) is 39.7 Å². The predicted molar refractivity (Wildman–Crippen MR) is 97.9 cm³/mol. The third-order valence-corrected chi connectivity index (χ3v) is 3.38. The van der Waals surface area contributed by atoms with E-state index < -0.39 is 5.60 Å². The van der Waals surface area contributed by atoms with Crippen LogP contribution in [0, 0.1) is 0 Å². The molecule has 0 spiro atoms. The lowest BCUT2D eigenvalue weighted by Crippen LogP contribution is -2.41. The van der Waals surface area contributed by atoms with Gasteiger partial charge in [0.05, 0.1) is 6.54 Å². The fourth-order valence-electron chi connectivity index (χ4n) is 2.15. The summed E-state index contributed by atoms with van der Waals surface area (Å²) in [7, 11) is 0. The van der Waals surface area contributed by atoms with Crippen molar-refractivity contribution < 1.29 is 9.90 Å². The lowest BCUT2D eigenvalue weighted by molar-refractivity contribution is -0.121.